The van der Waals surface area contributed by atoms with Gasteiger partial charge in [-0.15, -0.1) is 0 Å². The Labute approximate surface area is 194 Å². The van der Waals surface area contributed by atoms with Crippen molar-refractivity contribution < 1.29 is 18.8 Å². The number of hydrogen-bond acceptors (Lipinski definition) is 5. The number of nitrogens with two attached hydrogens (primary N) is 1. The molecule has 0 saturated heterocycles. The molecule has 0 fully saturated rings. The van der Waals surface area contributed by atoms with Crippen molar-refractivity contribution >= 4 is 17.6 Å². The van der Waals surface area contributed by atoms with Gasteiger partial charge in [0.1, 0.15) is 11.7 Å². The van der Waals surface area contributed by atoms with Crippen molar-refractivity contribution in [3.8, 4) is 17.1 Å². The number of carbonyl (C=O) groups excluding carboxylic acids is 3. The van der Waals surface area contributed by atoms with Gasteiger partial charge in [-0.1, -0.05) is 60.7 Å². The van der Waals surface area contributed by atoms with Crippen LogP contribution in [0.2, 0.25) is 0 Å². The van der Waals surface area contributed by atoms with Crippen LogP contribution < -0.4 is 11.1 Å². The molecule has 0 aliphatic rings. The monoisotopic (exact) mass is 457 g/mol. The van der Waals surface area contributed by atoms with Crippen LogP contribution in [0.5, 0.6) is 0 Å². The summed E-state index contributed by atoms with van der Waals surface area (Å²) in [4.78, 5) is 41.3. The number of nitrogens with one attached hydrogen (secondary N) is 1. The number of rotatable bonds is 8. The molecule has 1 unspecified atom stereocenters. The number of halogens is 1. The molecule has 0 aliphatic carbocycles. The van der Waals surface area contributed by atoms with Crippen LogP contribution in [0.4, 0.5) is 4.39 Å². The van der Waals surface area contributed by atoms with Gasteiger partial charge in [0.25, 0.3) is 11.8 Å². The van der Waals surface area contributed by atoms with Gasteiger partial charge in [0.2, 0.25) is 5.78 Å². The van der Waals surface area contributed by atoms with Gasteiger partial charge in [0.15, 0.2) is 11.6 Å². The van der Waals surface area contributed by atoms with Gasteiger partial charge in [0.05, 0.1) is 11.8 Å². The van der Waals surface area contributed by atoms with E-state index in [1.54, 1.807) is 54.6 Å². The average Bonchev–Trinajstić information content (AvgIpc) is 3.25. The van der Waals surface area contributed by atoms with E-state index in [4.69, 9.17) is 5.73 Å². The Bertz CT molecular complexity index is 1340. The molecule has 2 aromatic heterocycles. The van der Waals surface area contributed by atoms with E-state index in [9.17, 15) is 18.8 Å². The summed E-state index contributed by atoms with van der Waals surface area (Å²) in [5.41, 5.74) is 6.63. The van der Waals surface area contributed by atoms with Crippen LogP contribution in [0.15, 0.2) is 85.2 Å². The number of ketones is 1. The molecule has 0 spiro atoms. The Morgan fingerprint density at radius 1 is 0.971 bits per heavy atom. The summed E-state index contributed by atoms with van der Waals surface area (Å²) >= 11 is 0. The van der Waals surface area contributed by atoms with Crippen LogP contribution in [0, 0.1) is 5.82 Å². The van der Waals surface area contributed by atoms with Gasteiger partial charge in [-0.25, -0.2) is 14.1 Å². The molecule has 4 rings (SSSR count). The number of carbonyl (C=O) groups is 3. The highest BCUT2D eigenvalue weighted by atomic mass is 19.1. The van der Waals surface area contributed by atoms with Crippen LogP contribution >= 0.6 is 0 Å². The number of amides is 2. The van der Waals surface area contributed by atoms with E-state index in [2.05, 4.69) is 15.4 Å². The zero-order valence-corrected chi connectivity index (χ0v) is 17.9. The highest BCUT2D eigenvalue weighted by molar-refractivity contribution is 6.38. The third-order valence-corrected chi connectivity index (χ3v) is 5.11. The molecule has 2 amide bonds. The minimum Gasteiger partial charge on any atom is -0.363 e. The molecule has 170 valence electrons. The third kappa shape index (κ3) is 4.88. The van der Waals surface area contributed by atoms with Crippen molar-refractivity contribution in [3.63, 3.8) is 0 Å². The Balaban J connectivity index is 1.65. The minimum absolute atomic E-state index is 0.0416. The fourth-order valence-electron chi connectivity index (χ4n) is 3.48. The molecule has 9 heteroatoms. The maximum Gasteiger partial charge on any atom is 0.287 e. The Hall–Kier alpha value is -4.66. The number of benzene rings is 2. The van der Waals surface area contributed by atoms with Crippen LogP contribution in [-0.2, 0) is 16.0 Å². The topological polar surface area (TPSA) is 120 Å². The molecule has 2 heterocycles. The predicted octanol–water partition coefficient (Wildman–Crippen LogP) is 2.47. The molecule has 0 aliphatic heterocycles. The molecule has 34 heavy (non-hydrogen) atoms. The Morgan fingerprint density at radius 3 is 2.32 bits per heavy atom. The molecular weight excluding hydrogens is 437 g/mol. The Morgan fingerprint density at radius 2 is 1.65 bits per heavy atom. The van der Waals surface area contributed by atoms with E-state index in [1.165, 1.54) is 18.3 Å². The number of pyridine rings is 1. The molecule has 3 N–H and O–H groups in total. The summed E-state index contributed by atoms with van der Waals surface area (Å²) in [7, 11) is 0. The normalized spacial score (nSPS) is 11.6. The van der Waals surface area contributed by atoms with Gasteiger partial charge >= 0.3 is 0 Å². The van der Waals surface area contributed by atoms with Crippen LogP contribution in [-0.4, -0.2) is 38.4 Å². The first kappa shape index (κ1) is 22.5. The van der Waals surface area contributed by atoms with E-state index in [1.807, 2.05) is 6.07 Å². The predicted molar refractivity (Wildman–Crippen MR) is 122 cm³/mol. The second kappa shape index (κ2) is 9.86. The highest BCUT2D eigenvalue weighted by Gasteiger charge is 2.27. The number of hydrogen-bond donors (Lipinski definition) is 2. The van der Waals surface area contributed by atoms with Crippen LogP contribution in [0.1, 0.15) is 15.9 Å². The minimum atomic E-state index is -1.19. The van der Waals surface area contributed by atoms with Crippen molar-refractivity contribution in [2.45, 2.75) is 12.5 Å². The zero-order valence-electron chi connectivity index (χ0n) is 17.9. The lowest BCUT2D eigenvalue weighted by Gasteiger charge is -2.17. The van der Waals surface area contributed by atoms with Crippen molar-refractivity contribution in [1.82, 2.24) is 20.1 Å². The van der Waals surface area contributed by atoms with E-state index in [0.717, 1.165) is 16.4 Å². The molecular formula is C25H20FN5O3. The third-order valence-electron chi connectivity index (χ3n) is 5.11. The summed E-state index contributed by atoms with van der Waals surface area (Å²) in [5.74, 6) is -3.30. The zero-order chi connectivity index (χ0) is 24.1. The smallest absolute Gasteiger partial charge is 0.287 e. The second-order valence-corrected chi connectivity index (χ2v) is 7.46. The van der Waals surface area contributed by atoms with Crippen molar-refractivity contribution in [2.24, 2.45) is 5.73 Å². The standard InChI is InChI=1S/C25H20FN5O3/c26-19-15-31(30-21(19)17-10-5-2-6-11-17)24-18(12-7-13-28-24)25(34)29-20(22(32)23(27)33)14-16-8-3-1-4-9-16/h1-13,15,20H,14H2,(H2,27,33)(H,29,34). The summed E-state index contributed by atoms with van der Waals surface area (Å²) < 4.78 is 15.8. The lowest BCUT2D eigenvalue weighted by Crippen LogP contribution is -2.47. The van der Waals surface area contributed by atoms with Gasteiger partial charge < -0.3 is 11.1 Å². The first-order valence-electron chi connectivity index (χ1n) is 10.4. The van der Waals surface area contributed by atoms with E-state index >= 15 is 0 Å². The quantitative estimate of drug-likeness (QED) is 0.394. The number of aromatic nitrogens is 3. The summed E-state index contributed by atoms with van der Waals surface area (Å²) in [6.07, 6.45) is 2.62. The lowest BCUT2D eigenvalue weighted by molar-refractivity contribution is -0.137. The number of primary amides is 1. The summed E-state index contributed by atoms with van der Waals surface area (Å²) in [6.45, 7) is 0. The molecule has 4 aromatic rings. The fraction of sp³-hybridized carbons (Fsp3) is 0.0800. The molecule has 0 radical (unpaired) electrons. The molecule has 0 saturated carbocycles. The van der Waals surface area contributed by atoms with E-state index in [-0.39, 0.29) is 23.5 Å². The van der Waals surface area contributed by atoms with Gasteiger partial charge in [-0.3, -0.25) is 14.4 Å². The van der Waals surface area contributed by atoms with Crippen molar-refractivity contribution in [1.29, 1.82) is 0 Å². The van der Waals surface area contributed by atoms with Crippen LogP contribution in [0.3, 0.4) is 0 Å². The first-order chi connectivity index (χ1) is 16.4. The summed E-state index contributed by atoms with van der Waals surface area (Å²) in [6, 6.07) is 19.4. The van der Waals surface area contributed by atoms with Crippen LogP contribution in [0.25, 0.3) is 17.1 Å². The second-order valence-electron chi connectivity index (χ2n) is 7.46. The highest BCUT2D eigenvalue weighted by Crippen LogP contribution is 2.22. The molecule has 1 atom stereocenters. The molecule has 8 nitrogen and oxygen atoms in total. The fourth-order valence-corrected chi connectivity index (χ4v) is 3.48. The van der Waals surface area contributed by atoms with E-state index < -0.39 is 29.5 Å². The average molecular weight is 457 g/mol. The molecule has 0 bridgehead atoms. The summed E-state index contributed by atoms with van der Waals surface area (Å²) in [5, 5.41) is 6.82. The Kier molecular flexibility index (Phi) is 6.54. The van der Waals surface area contributed by atoms with Crippen molar-refractivity contribution in [3.05, 3.63) is 102 Å². The van der Waals surface area contributed by atoms with E-state index in [0.29, 0.717) is 5.56 Å². The molecule has 2 aromatic carbocycles. The lowest BCUT2D eigenvalue weighted by atomic mass is 10.0. The largest absolute Gasteiger partial charge is 0.363 e. The number of Topliss-reactive ketones (excluding diaryl/α,β-unsaturated/α-hetero) is 1. The first-order valence-corrected chi connectivity index (χ1v) is 10.4. The van der Waals surface area contributed by atoms with Gasteiger partial charge in [-0.2, -0.15) is 5.10 Å². The van der Waals surface area contributed by atoms with Crippen molar-refractivity contribution in [2.75, 3.05) is 0 Å². The maximum atomic E-state index is 14.7. The van der Waals surface area contributed by atoms with Gasteiger partial charge in [-0.05, 0) is 17.7 Å². The van der Waals surface area contributed by atoms with Gasteiger partial charge in [0, 0.05) is 18.2 Å². The SMILES string of the molecule is NC(=O)C(=O)C(Cc1ccccc1)NC(=O)c1cccnc1-n1cc(F)c(-c2ccccc2)n1. The maximum absolute atomic E-state index is 14.7. The number of nitrogens with zero attached hydrogens (tertiary/aromatic N) is 3.